The Labute approximate surface area is 92.7 Å². The first-order valence-corrected chi connectivity index (χ1v) is 5.44. The second-order valence-electron chi connectivity index (χ2n) is 3.63. The SMILES string of the molecule is CCCN=C(NN)N(CCOC)C(C)C. The second kappa shape index (κ2) is 8.49. The lowest BCUT2D eigenvalue weighted by molar-refractivity contribution is 0.165. The Morgan fingerprint density at radius 1 is 1.53 bits per heavy atom. The summed E-state index contributed by atoms with van der Waals surface area (Å²) < 4.78 is 5.06. The smallest absolute Gasteiger partial charge is 0.208 e. The zero-order valence-corrected chi connectivity index (χ0v) is 10.3. The van der Waals surface area contributed by atoms with Crippen LogP contribution in [-0.4, -0.2) is 43.7 Å². The Kier molecular flexibility index (Phi) is 8.04. The molecule has 0 aromatic heterocycles. The molecular weight excluding hydrogens is 192 g/mol. The van der Waals surface area contributed by atoms with Crippen molar-refractivity contribution in [2.75, 3.05) is 26.8 Å². The molecule has 0 atom stereocenters. The first kappa shape index (κ1) is 14.2. The van der Waals surface area contributed by atoms with Crippen LogP contribution in [-0.2, 0) is 4.74 Å². The second-order valence-corrected chi connectivity index (χ2v) is 3.63. The predicted molar refractivity (Wildman–Crippen MR) is 63.6 cm³/mol. The Bertz CT molecular complexity index is 182. The molecule has 15 heavy (non-hydrogen) atoms. The topological polar surface area (TPSA) is 62.9 Å². The van der Waals surface area contributed by atoms with E-state index in [9.17, 15) is 0 Å². The van der Waals surface area contributed by atoms with Crippen molar-refractivity contribution in [1.29, 1.82) is 0 Å². The summed E-state index contributed by atoms with van der Waals surface area (Å²) in [6.45, 7) is 8.55. The number of ether oxygens (including phenoxy) is 1. The highest BCUT2D eigenvalue weighted by atomic mass is 16.5. The Morgan fingerprint density at radius 3 is 2.60 bits per heavy atom. The van der Waals surface area contributed by atoms with Gasteiger partial charge in [-0.3, -0.25) is 10.4 Å². The third-order valence-corrected chi connectivity index (χ3v) is 2.05. The quantitative estimate of drug-likeness (QED) is 0.295. The van der Waals surface area contributed by atoms with Crippen LogP contribution in [0.4, 0.5) is 0 Å². The zero-order chi connectivity index (χ0) is 11.7. The fraction of sp³-hybridized carbons (Fsp3) is 0.900. The number of nitrogens with two attached hydrogens (primary N) is 1. The summed E-state index contributed by atoms with van der Waals surface area (Å²) in [4.78, 5) is 6.48. The van der Waals surface area contributed by atoms with E-state index in [0.717, 1.165) is 25.5 Å². The van der Waals surface area contributed by atoms with Crippen LogP contribution in [0.15, 0.2) is 4.99 Å². The molecule has 0 rings (SSSR count). The third kappa shape index (κ3) is 5.59. The lowest BCUT2D eigenvalue weighted by Gasteiger charge is -2.29. The highest BCUT2D eigenvalue weighted by Crippen LogP contribution is 1.99. The summed E-state index contributed by atoms with van der Waals surface area (Å²) in [6.07, 6.45) is 1.02. The maximum Gasteiger partial charge on any atom is 0.208 e. The number of aliphatic imine (C=N–C) groups is 1. The normalized spacial score (nSPS) is 12.0. The van der Waals surface area contributed by atoms with Gasteiger partial charge < -0.3 is 9.64 Å². The van der Waals surface area contributed by atoms with Gasteiger partial charge >= 0.3 is 0 Å². The Balaban J connectivity index is 4.40. The van der Waals surface area contributed by atoms with Crippen molar-refractivity contribution in [3.8, 4) is 0 Å². The van der Waals surface area contributed by atoms with Gasteiger partial charge in [0.2, 0.25) is 5.96 Å². The van der Waals surface area contributed by atoms with Crippen molar-refractivity contribution in [2.24, 2.45) is 10.8 Å². The molecule has 0 aromatic rings. The summed E-state index contributed by atoms with van der Waals surface area (Å²) in [5.41, 5.74) is 2.65. The van der Waals surface area contributed by atoms with E-state index in [1.165, 1.54) is 0 Å². The summed E-state index contributed by atoms with van der Waals surface area (Å²) in [7, 11) is 1.69. The number of nitrogens with zero attached hydrogens (tertiary/aromatic N) is 2. The predicted octanol–water partition coefficient (Wildman–Crippen LogP) is 0.573. The van der Waals surface area contributed by atoms with Gasteiger partial charge in [0.25, 0.3) is 0 Å². The molecule has 5 heteroatoms. The average molecular weight is 216 g/mol. The Hall–Kier alpha value is -0.810. The van der Waals surface area contributed by atoms with Crippen molar-refractivity contribution in [3.63, 3.8) is 0 Å². The van der Waals surface area contributed by atoms with Gasteiger partial charge in [0.1, 0.15) is 0 Å². The molecule has 0 saturated carbocycles. The van der Waals surface area contributed by atoms with Gasteiger partial charge in [-0.25, -0.2) is 5.84 Å². The summed E-state index contributed by atoms with van der Waals surface area (Å²) in [5.74, 6) is 6.20. The van der Waals surface area contributed by atoms with E-state index in [1.54, 1.807) is 7.11 Å². The fourth-order valence-electron chi connectivity index (χ4n) is 1.24. The number of nitrogens with one attached hydrogen (secondary N) is 1. The molecule has 0 bridgehead atoms. The van der Waals surface area contributed by atoms with Gasteiger partial charge in [-0.1, -0.05) is 6.92 Å². The van der Waals surface area contributed by atoms with Crippen LogP contribution in [0.25, 0.3) is 0 Å². The lowest BCUT2D eigenvalue weighted by atomic mass is 10.3. The molecule has 0 aliphatic carbocycles. The highest BCUT2D eigenvalue weighted by molar-refractivity contribution is 5.79. The molecule has 0 saturated heterocycles. The molecule has 0 radical (unpaired) electrons. The van der Waals surface area contributed by atoms with E-state index >= 15 is 0 Å². The molecule has 0 fully saturated rings. The Morgan fingerprint density at radius 2 is 2.20 bits per heavy atom. The molecule has 0 heterocycles. The summed E-state index contributed by atoms with van der Waals surface area (Å²) >= 11 is 0. The first-order valence-electron chi connectivity index (χ1n) is 5.44. The standard InChI is InChI=1S/C10H24N4O/c1-5-6-12-10(13-11)14(9(2)3)7-8-15-4/h9H,5-8,11H2,1-4H3,(H,12,13). The van der Waals surface area contributed by atoms with Crippen molar-refractivity contribution < 1.29 is 4.74 Å². The lowest BCUT2D eigenvalue weighted by Crippen LogP contribution is -2.49. The van der Waals surface area contributed by atoms with Crippen molar-refractivity contribution in [2.45, 2.75) is 33.2 Å². The van der Waals surface area contributed by atoms with E-state index in [-0.39, 0.29) is 0 Å². The van der Waals surface area contributed by atoms with E-state index in [1.807, 2.05) is 0 Å². The van der Waals surface area contributed by atoms with Gasteiger partial charge in [-0.05, 0) is 20.3 Å². The monoisotopic (exact) mass is 216 g/mol. The fourth-order valence-corrected chi connectivity index (χ4v) is 1.24. The zero-order valence-electron chi connectivity index (χ0n) is 10.3. The van der Waals surface area contributed by atoms with Crippen LogP contribution in [0, 0.1) is 0 Å². The number of hydrogen-bond donors (Lipinski definition) is 2. The minimum Gasteiger partial charge on any atom is -0.383 e. The summed E-state index contributed by atoms with van der Waals surface area (Å²) in [5, 5.41) is 0. The van der Waals surface area contributed by atoms with Crippen LogP contribution in [0.5, 0.6) is 0 Å². The van der Waals surface area contributed by atoms with Crippen LogP contribution < -0.4 is 11.3 Å². The van der Waals surface area contributed by atoms with Gasteiger partial charge in [0, 0.05) is 26.2 Å². The molecule has 3 N–H and O–H groups in total. The van der Waals surface area contributed by atoms with Crippen molar-refractivity contribution in [3.05, 3.63) is 0 Å². The number of methoxy groups -OCH3 is 1. The number of hydrogen-bond acceptors (Lipinski definition) is 3. The first-order chi connectivity index (χ1) is 7.17. The number of hydrazine groups is 1. The van der Waals surface area contributed by atoms with E-state index in [4.69, 9.17) is 10.6 Å². The molecular formula is C10H24N4O. The van der Waals surface area contributed by atoms with E-state index < -0.39 is 0 Å². The average Bonchev–Trinajstić information content (AvgIpc) is 2.22. The summed E-state index contributed by atoms with van der Waals surface area (Å²) in [6, 6.07) is 0.354. The molecule has 0 unspecified atom stereocenters. The molecule has 0 aromatic carbocycles. The largest absolute Gasteiger partial charge is 0.383 e. The molecule has 0 amide bonds. The van der Waals surface area contributed by atoms with Crippen LogP contribution in [0.2, 0.25) is 0 Å². The van der Waals surface area contributed by atoms with Gasteiger partial charge in [0.15, 0.2) is 0 Å². The number of rotatable bonds is 6. The highest BCUT2D eigenvalue weighted by Gasteiger charge is 2.12. The van der Waals surface area contributed by atoms with Crippen LogP contribution in [0.1, 0.15) is 27.2 Å². The van der Waals surface area contributed by atoms with Gasteiger partial charge in [0.05, 0.1) is 6.61 Å². The van der Waals surface area contributed by atoms with Crippen LogP contribution >= 0.6 is 0 Å². The number of guanidine groups is 1. The van der Waals surface area contributed by atoms with Crippen LogP contribution in [0.3, 0.4) is 0 Å². The molecule has 0 spiro atoms. The van der Waals surface area contributed by atoms with Gasteiger partial charge in [-0.2, -0.15) is 0 Å². The molecule has 0 aliphatic rings. The van der Waals surface area contributed by atoms with Crippen molar-refractivity contribution in [1.82, 2.24) is 10.3 Å². The maximum atomic E-state index is 5.46. The third-order valence-electron chi connectivity index (χ3n) is 2.05. The van der Waals surface area contributed by atoms with Gasteiger partial charge in [-0.15, -0.1) is 0 Å². The molecule has 90 valence electrons. The molecule has 0 aliphatic heterocycles. The maximum absolute atomic E-state index is 5.46. The van der Waals surface area contributed by atoms with E-state index in [0.29, 0.717) is 12.6 Å². The van der Waals surface area contributed by atoms with Crippen molar-refractivity contribution >= 4 is 5.96 Å². The minimum atomic E-state index is 0.354. The minimum absolute atomic E-state index is 0.354. The molecule has 5 nitrogen and oxygen atoms in total. The van der Waals surface area contributed by atoms with E-state index in [2.05, 4.69) is 36.1 Å².